The predicted octanol–water partition coefficient (Wildman–Crippen LogP) is 3.83. The number of esters is 1. The molecule has 0 saturated carbocycles. The molecule has 0 aliphatic heterocycles. The average molecular weight is 466 g/mol. The van der Waals surface area contributed by atoms with Crippen LogP contribution in [0.4, 0.5) is 4.79 Å². The summed E-state index contributed by atoms with van der Waals surface area (Å²) in [5.41, 5.74) is -0.445. The van der Waals surface area contributed by atoms with E-state index in [9.17, 15) is 19.2 Å². The molecule has 0 aliphatic rings. The number of carbonyl (C=O) groups excluding carboxylic acids is 3. The maximum atomic E-state index is 12.9. The molecule has 0 saturated heterocycles. The van der Waals surface area contributed by atoms with Crippen LogP contribution in [0.2, 0.25) is 0 Å². The van der Waals surface area contributed by atoms with E-state index in [0.717, 1.165) is 0 Å². The minimum Gasteiger partial charge on any atom is -0.458 e. The van der Waals surface area contributed by atoms with Gasteiger partial charge in [-0.3, -0.25) is 4.79 Å². The molecule has 1 N–H and O–H groups in total. The van der Waals surface area contributed by atoms with E-state index in [1.54, 1.807) is 65.0 Å². The molecule has 1 aromatic carbocycles. The number of rotatable bonds is 7. The van der Waals surface area contributed by atoms with Crippen molar-refractivity contribution in [2.24, 2.45) is 0 Å². The Kier molecular flexibility index (Phi) is 7.95. The normalized spacial score (nSPS) is 12.7. The summed E-state index contributed by atoms with van der Waals surface area (Å²) in [5.74, 6) is -1.78. The van der Waals surface area contributed by atoms with Crippen LogP contribution in [0.15, 0.2) is 44.0 Å². The highest BCUT2D eigenvalue weighted by Gasteiger charge is 2.42. The topological polar surface area (TPSA) is 125 Å². The smallest absolute Gasteiger partial charge is 0.458 e. The van der Waals surface area contributed by atoms with E-state index in [4.69, 9.17) is 18.3 Å². The third-order valence-corrected chi connectivity index (χ3v) is 5.20. The summed E-state index contributed by atoms with van der Waals surface area (Å²) in [4.78, 5) is 49.2. The zero-order chi connectivity index (χ0) is 24.1. The monoisotopic (exact) mass is 465 g/mol. The van der Waals surface area contributed by atoms with Gasteiger partial charge in [-0.25, -0.2) is 14.4 Å². The second-order valence-corrected chi connectivity index (χ2v) is 10.1. The van der Waals surface area contributed by atoms with E-state index in [0.29, 0.717) is 17.3 Å². The lowest BCUT2D eigenvalue weighted by Crippen LogP contribution is -2.54. The molecule has 1 heterocycles. The minimum atomic E-state index is -1.17. The van der Waals surface area contributed by atoms with Gasteiger partial charge in [0.1, 0.15) is 11.6 Å². The van der Waals surface area contributed by atoms with Crippen molar-refractivity contribution in [3.63, 3.8) is 0 Å². The van der Waals surface area contributed by atoms with Crippen LogP contribution >= 0.6 is 11.8 Å². The second kappa shape index (κ2) is 10.1. The molecule has 10 heteroatoms. The molecule has 1 amide bonds. The van der Waals surface area contributed by atoms with Crippen molar-refractivity contribution in [3.8, 4) is 0 Å². The summed E-state index contributed by atoms with van der Waals surface area (Å²) in [6.07, 6.45) is 0. The first kappa shape index (κ1) is 25.3. The SMILES string of the molecule is Cc1oc(=O)oc1COC(=O)SC(C)(C)C(NC(=O)c1ccccc1)C(=O)OC(C)(C)C. The number of benzene rings is 1. The highest BCUT2D eigenvalue weighted by molar-refractivity contribution is 8.14. The Balaban J connectivity index is 2.16. The molecule has 0 bridgehead atoms. The lowest BCUT2D eigenvalue weighted by Gasteiger charge is -2.33. The number of hydrogen-bond acceptors (Lipinski definition) is 9. The molecular weight excluding hydrogens is 438 g/mol. The molecule has 0 fully saturated rings. The van der Waals surface area contributed by atoms with E-state index >= 15 is 0 Å². The fourth-order valence-electron chi connectivity index (χ4n) is 2.62. The quantitative estimate of drug-likeness (QED) is 0.607. The van der Waals surface area contributed by atoms with Crippen molar-refractivity contribution in [1.82, 2.24) is 5.32 Å². The molecule has 0 aliphatic carbocycles. The summed E-state index contributed by atoms with van der Waals surface area (Å²) >= 11 is 0.706. The first-order chi connectivity index (χ1) is 14.8. The largest absolute Gasteiger partial charge is 0.519 e. The Morgan fingerprint density at radius 1 is 1.06 bits per heavy atom. The number of ether oxygens (including phenoxy) is 2. The Morgan fingerprint density at radius 2 is 1.69 bits per heavy atom. The van der Waals surface area contributed by atoms with Crippen LogP contribution < -0.4 is 11.1 Å². The van der Waals surface area contributed by atoms with Gasteiger partial charge in [0.15, 0.2) is 18.1 Å². The Morgan fingerprint density at radius 3 is 2.22 bits per heavy atom. The fourth-order valence-corrected chi connectivity index (χ4v) is 3.44. The maximum absolute atomic E-state index is 12.9. The Labute approximate surface area is 189 Å². The van der Waals surface area contributed by atoms with Crippen molar-refractivity contribution in [1.29, 1.82) is 0 Å². The molecule has 1 atom stereocenters. The van der Waals surface area contributed by atoms with Crippen LogP contribution in [0, 0.1) is 6.92 Å². The van der Waals surface area contributed by atoms with E-state index in [1.165, 1.54) is 6.92 Å². The van der Waals surface area contributed by atoms with E-state index in [1.807, 2.05) is 0 Å². The standard InChI is InChI=1S/C22H27NO8S/c1-13-15(30-19(26)29-13)12-28-20(27)32-22(5,6)16(18(25)31-21(2,3)4)23-17(24)14-10-8-7-9-11-14/h7-11,16H,12H2,1-6H3,(H,23,24). The molecule has 1 unspecified atom stereocenters. The van der Waals surface area contributed by atoms with Gasteiger partial charge in [0.05, 0.1) is 4.75 Å². The third-order valence-electron chi connectivity index (χ3n) is 4.15. The van der Waals surface area contributed by atoms with Crippen LogP contribution in [0.3, 0.4) is 0 Å². The lowest BCUT2D eigenvalue weighted by atomic mass is 10.0. The minimum absolute atomic E-state index is 0.0860. The summed E-state index contributed by atoms with van der Waals surface area (Å²) in [5, 5.41) is 1.94. The Bertz CT molecular complexity index is 1020. The summed E-state index contributed by atoms with van der Waals surface area (Å²) in [6.45, 7) is 9.53. The van der Waals surface area contributed by atoms with Gasteiger partial charge in [0.2, 0.25) is 0 Å². The van der Waals surface area contributed by atoms with Gasteiger partial charge >= 0.3 is 17.1 Å². The summed E-state index contributed by atoms with van der Waals surface area (Å²) < 4.78 is 19.0. The van der Waals surface area contributed by atoms with Crippen molar-refractivity contribution in [2.45, 2.75) is 64.5 Å². The van der Waals surface area contributed by atoms with Gasteiger partial charge in [-0.1, -0.05) is 18.2 Å². The van der Waals surface area contributed by atoms with Crippen LogP contribution in [0.25, 0.3) is 0 Å². The highest BCUT2D eigenvalue weighted by atomic mass is 32.2. The maximum Gasteiger partial charge on any atom is 0.519 e. The van der Waals surface area contributed by atoms with Gasteiger partial charge in [0.25, 0.3) is 5.91 Å². The number of amides is 1. The molecule has 32 heavy (non-hydrogen) atoms. The van der Waals surface area contributed by atoms with Crippen molar-refractivity contribution < 1.29 is 32.7 Å². The van der Waals surface area contributed by atoms with Gasteiger partial charge in [-0.05, 0) is 65.4 Å². The number of carbonyl (C=O) groups is 3. The number of aryl methyl sites for hydroxylation is 1. The Hall–Kier alpha value is -3.01. The van der Waals surface area contributed by atoms with Gasteiger partial charge < -0.3 is 23.6 Å². The van der Waals surface area contributed by atoms with Crippen LogP contribution in [0.1, 0.15) is 56.5 Å². The second-order valence-electron chi connectivity index (χ2n) is 8.48. The zero-order valence-corrected chi connectivity index (χ0v) is 19.7. The van der Waals surface area contributed by atoms with E-state index in [2.05, 4.69) is 5.32 Å². The molecular formula is C22H27NO8S. The van der Waals surface area contributed by atoms with Crippen LogP contribution in [0.5, 0.6) is 0 Å². The molecule has 2 rings (SSSR count). The van der Waals surface area contributed by atoms with Crippen LogP contribution in [-0.2, 0) is 20.9 Å². The number of thioether (sulfide) groups is 1. The molecule has 0 radical (unpaired) electrons. The van der Waals surface area contributed by atoms with Gasteiger partial charge in [0, 0.05) is 5.56 Å². The molecule has 2 aromatic rings. The molecule has 0 spiro atoms. The zero-order valence-electron chi connectivity index (χ0n) is 18.8. The first-order valence-corrected chi connectivity index (χ1v) is 10.6. The molecule has 1 aromatic heterocycles. The average Bonchev–Trinajstić information content (AvgIpc) is 3.00. The molecule has 9 nitrogen and oxygen atoms in total. The first-order valence-electron chi connectivity index (χ1n) is 9.82. The summed E-state index contributed by atoms with van der Waals surface area (Å²) in [7, 11) is 0. The lowest BCUT2D eigenvalue weighted by molar-refractivity contribution is -0.157. The van der Waals surface area contributed by atoms with Gasteiger partial charge in [-0.2, -0.15) is 0 Å². The third kappa shape index (κ3) is 7.30. The van der Waals surface area contributed by atoms with Crippen molar-refractivity contribution in [2.75, 3.05) is 0 Å². The van der Waals surface area contributed by atoms with Crippen molar-refractivity contribution in [3.05, 3.63) is 58.0 Å². The van der Waals surface area contributed by atoms with Gasteiger partial charge in [-0.15, -0.1) is 0 Å². The van der Waals surface area contributed by atoms with E-state index < -0.39 is 39.4 Å². The molecule has 174 valence electrons. The van der Waals surface area contributed by atoms with Crippen LogP contribution in [-0.4, -0.2) is 33.6 Å². The predicted molar refractivity (Wildman–Crippen MR) is 117 cm³/mol. The summed E-state index contributed by atoms with van der Waals surface area (Å²) in [6, 6.07) is 7.21. The van der Waals surface area contributed by atoms with E-state index in [-0.39, 0.29) is 18.1 Å². The number of nitrogens with one attached hydrogen (secondary N) is 1. The van der Waals surface area contributed by atoms with Crippen molar-refractivity contribution >= 4 is 28.9 Å². The highest BCUT2D eigenvalue weighted by Crippen LogP contribution is 2.32. The number of hydrogen-bond donors (Lipinski definition) is 1. The fraction of sp³-hybridized carbons (Fsp3) is 0.455.